The predicted molar refractivity (Wildman–Crippen MR) is 74.9 cm³/mol. The van der Waals surface area contributed by atoms with Gasteiger partial charge in [0, 0.05) is 37.8 Å². The third kappa shape index (κ3) is 2.34. The van der Waals surface area contributed by atoms with Gasteiger partial charge in [-0.15, -0.1) is 0 Å². The Labute approximate surface area is 112 Å². The van der Waals surface area contributed by atoms with Crippen LogP contribution in [-0.4, -0.2) is 19.5 Å². The summed E-state index contributed by atoms with van der Waals surface area (Å²) in [7, 11) is 2.02. The number of nitrogens with zero attached hydrogens (tertiary/aromatic N) is 4. The first-order chi connectivity index (χ1) is 9.24. The number of pyridine rings is 2. The first kappa shape index (κ1) is 11.8. The molecule has 0 aliphatic rings. The number of aromatic nitrogens is 4. The van der Waals surface area contributed by atoms with E-state index in [0.717, 1.165) is 35.4 Å². The Bertz CT molecular complexity index is 715. The lowest BCUT2D eigenvalue weighted by Crippen LogP contribution is -2.01. The zero-order valence-electron chi connectivity index (χ0n) is 11.2. The Morgan fingerprint density at radius 2 is 1.95 bits per heavy atom. The second-order valence-electron chi connectivity index (χ2n) is 4.75. The molecular formula is C15H16N4. The predicted octanol–water partition coefficient (Wildman–Crippen LogP) is 2.46. The van der Waals surface area contributed by atoms with Gasteiger partial charge < -0.3 is 4.57 Å². The van der Waals surface area contributed by atoms with Gasteiger partial charge in [-0.05, 0) is 37.1 Å². The van der Waals surface area contributed by atoms with Crippen molar-refractivity contribution in [1.82, 2.24) is 19.5 Å². The van der Waals surface area contributed by atoms with E-state index in [9.17, 15) is 0 Å². The molecule has 96 valence electrons. The fourth-order valence-electron chi connectivity index (χ4n) is 2.21. The average molecular weight is 252 g/mol. The molecular weight excluding hydrogens is 236 g/mol. The van der Waals surface area contributed by atoms with Gasteiger partial charge in [-0.3, -0.25) is 9.97 Å². The fraction of sp³-hybridized carbons (Fsp3) is 0.267. The highest BCUT2D eigenvalue weighted by Crippen LogP contribution is 2.14. The highest BCUT2D eigenvalue weighted by atomic mass is 15.0. The molecule has 19 heavy (non-hydrogen) atoms. The summed E-state index contributed by atoms with van der Waals surface area (Å²) in [5, 5.41) is 0. The van der Waals surface area contributed by atoms with Crippen molar-refractivity contribution in [1.29, 1.82) is 0 Å². The minimum atomic E-state index is 0.898. The van der Waals surface area contributed by atoms with E-state index in [-0.39, 0.29) is 0 Å². The maximum absolute atomic E-state index is 4.70. The molecule has 0 bridgehead atoms. The zero-order chi connectivity index (χ0) is 13.2. The summed E-state index contributed by atoms with van der Waals surface area (Å²) in [6, 6.07) is 6.10. The molecule has 0 fully saturated rings. The summed E-state index contributed by atoms with van der Waals surface area (Å²) >= 11 is 0. The van der Waals surface area contributed by atoms with Crippen molar-refractivity contribution >= 4 is 11.0 Å². The molecule has 0 saturated carbocycles. The highest BCUT2D eigenvalue weighted by molar-refractivity contribution is 5.77. The molecule has 3 aromatic rings. The topological polar surface area (TPSA) is 43.6 Å². The van der Waals surface area contributed by atoms with Crippen LogP contribution in [0.5, 0.6) is 0 Å². The maximum atomic E-state index is 4.70. The van der Waals surface area contributed by atoms with Gasteiger partial charge >= 0.3 is 0 Å². The van der Waals surface area contributed by atoms with Crippen LogP contribution in [0, 0.1) is 6.92 Å². The molecule has 0 radical (unpaired) electrons. The third-order valence-electron chi connectivity index (χ3n) is 3.37. The highest BCUT2D eigenvalue weighted by Gasteiger charge is 2.04. The van der Waals surface area contributed by atoms with E-state index in [1.807, 2.05) is 42.3 Å². The molecule has 0 N–H and O–H groups in total. The van der Waals surface area contributed by atoms with Crippen LogP contribution in [0.2, 0.25) is 0 Å². The quantitative estimate of drug-likeness (QED) is 0.719. The van der Waals surface area contributed by atoms with Crippen LogP contribution in [0.3, 0.4) is 0 Å². The number of hydrogen-bond acceptors (Lipinski definition) is 3. The lowest BCUT2D eigenvalue weighted by Gasteiger charge is -2.05. The van der Waals surface area contributed by atoms with Gasteiger partial charge in [0.05, 0.1) is 11.0 Å². The lowest BCUT2D eigenvalue weighted by atomic mass is 10.1. The summed E-state index contributed by atoms with van der Waals surface area (Å²) in [5.41, 5.74) is 4.22. The summed E-state index contributed by atoms with van der Waals surface area (Å²) < 4.78 is 2.05. The zero-order valence-corrected chi connectivity index (χ0v) is 11.2. The molecule has 3 aromatic heterocycles. The number of fused-ring (bicyclic) bond motifs is 1. The summed E-state index contributed by atoms with van der Waals surface area (Å²) in [5.74, 6) is 1.09. The van der Waals surface area contributed by atoms with E-state index in [2.05, 4.69) is 23.0 Å². The van der Waals surface area contributed by atoms with Crippen LogP contribution < -0.4 is 0 Å². The molecule has 0 unspecified atom stereocenters. The summed E-state index contributed by atoms with van der Waals surface area (Å²) in [6.07, 6.45) is 7.43. The third-order valence-corrected chi connectivity index (χ3v) is 3.37. The van der Waals surface area contributed by atoms with E-state index >= 15 is 0 Å². The largest absolute Gasteiger partial charge is 0.338 e. The fourth-order valence-corrected chi connectivity index (χ4v) is 2.21. The Balaban J connectivity index is 1.86. The van der Waals surface area contributed by atoms with E-state index < -0.39 is 0 Å². The lowest BCUT2D eigenvalue weighted by molar-refractivity contribution is 0.763. The SMILES string of the molecule is Cc1ccnc2ccc(CCc3nccn3C)nc12. The van der Waals surface area contributed by atoms with Gasteiger partial charge in [0.2, 0.25) is 0 Å². The van der Waals surface area contributed by atoms with Crippen LogP contribution in [0.1, 0.15) is 17.1 Å². The van der Waals surface area contributed by atoms with Crippen LogP contribution in [0.15, 0.2) is 36.8 Å². The molecule has 0 saturated heterocycles. The molecule has 0 spiro atoms. The molecule has 0 aliphatic heterocycles. The molecule has 0 atom stereocenters. The smallest absolute Gasteiger partial charge is 0.108 e. The molecule has 4 nitrogen and oxygen atoms in total. The number of imidazole rings is 1. The van der Waals surface area contributed by atoms with Crippen LogP contribution in [0.4, 0.5) is 0 Å². The number of rotatable bonds is 3. The second-order valence-corrected chi connectivity index (χ2v) is 4.75. The minimum absolute atomic E-state index is 0.898. The maximum Gasteiger partial charge on any atom is 0.108 e. The molecule has 0 aromatic carbocycles. The Morgan fingerprint density at radius 1 is 1.05 bits per heavy atom. The Hall–Kier alpha value is -2.23. The van der Waals surface area contributed by atoms with Gasteiger partial charge in [0.25, 0.3) is 0 Å². The van der Waals surface area contributed by atoms with E-state index in [1.54, 1.807) is 0 Å². The first-order valence-electron chi connectivity index (χ1n) is 6.41. The number of aryl methyl sites for hydroxylation is 4. The molecule has 0 aliphatic carbocycles. The molecule has 3 heterocycles. The van der Waals surface area contributed by atoms with Crippen LogP contribution in [-0.2, 0) is 19.9 Å². The van der Waals surface area contributed by atoms with Crippen LogP contribution in [0.25, 0.3) is 11.0 Å². The first-order valence-corrected chi connectivity index (χ1v) is 6.41. The van der Waals surface area contributed by atoms with Crippen molar-refractivity contribution in [3.8, 4) is 0 Å². The van der Waals surface area contributed by atoms with Gasteiger partial charge in [-0.1, -0.05) is 0 Å². The van der Waals surface area contributed by atoms with Crippen molar-refractivity contribution in [3.63, 3.8) is 0 Å². The normalized spacial score (nSPS) is 11.1. The van der Waals surface area contributed by atoms with E-state index in [4.69, 9.17) is 4.98 Å². The second kappa shape index (κ2) is 4.80. The van der Waals surface area contributed by atoms with Gasteiger partial charge in [0.1, 0.15) is 5.82 Å². The Morgan fingerprint density at radius 3 is 2.74 bits per heavy atom. The Kier molecular flexibility index (Phi) is 2.99. The minimum Gasteiger partial charge on any atom is -0.338 e. The van der Waals surface area contributed by atoms with Crippen molar-refractivity contribution in [2.24, 2.45) is 7.05 Å². The van der Waals surface area contributed by atoms with Gasteiger partial charge in [-0.2, -0.15) is 0 Å². The van der Waals surface area contributed by atoms with Gasteiger partial charge in [-0.25, -0.2) is 4.98 Å². The van der Waals surface area contributed by atoms with E-state index in [1.165, 1.54) is 5.56 Å². The summed E-state index contributed by atoms with van der Waals surface area (Å²) in [6.45, 7) is 2.07. The molecule has 0 amide bonds. The number of hydrogen-bond donors (Lipinski definition) is 0. The van der Waals surface area contributed by atoms with Crippen molar-refractivity contribution in [2.45, 2.75) is 19.8 Å². The van der Waals surface area contributed by atoms with Crippen molar-refractivity contribution in [2.75, 3.05) is 0 Å². The molecule has 4 heteroatoms. The van der Waals surface area contributed by atoms with Crippen molar-refractivity contribution < 1.29 is 0 Å². The average Bonchev–Trinajstić information content (AvgIpc) is 2.83. The van der Waals surface area contributed by atoms with Gasteiger partial charge in [0.15, 0.2) is 0 Å². The monoisotopic (exact) mass is 252 g/mol. The summed E-state index contributed by atoms with van der Waals surface area (Å²) in [4.78, 5) is 13.4. The van der Waals surface area contributed by atoms with E-state index in [0.29, 0.717) is 0 Å². The van der Waals surface area contributed by atoms with Crippen molar-refractivity contribution in [3.05, 3.63) is 53.9 Å². The molecule has 3 rings (SSSR count). The van der Waals surface area contributed by atoms with Crippen LogP contribution >= 0.6 is 0 Å². The standard InChI is InChI=1S/C15H16N4/c1-11-7-8-16-13-5-3-12(18-15(11)13)4-6-14-17-9-10-19(14)2/h3,5,7-10H,4,6H2,1-2H3.